The third-order valence-electron chi connectivity index (χ3n) is 2.39. The first-order valence-electron chi connectivity index (χ1n) is 5.20. The van der Waals surface area contributed by atoms with Crippen molar-refractivity contribution in [1.29, 1.82) is 0 Å². The Balaban J connectivity index is 0.00000225. The van der Waals surface area contributed by atoms with E-state index in [9.17, 15) is 9.50 Å². The first-order chi connectivity index (χ1) is 7.02. The predicted octanol–water partition coefficient (Wildman–Crippen LogP) is 2.65. The third kappa shape index (κ3) is 4.08. The summed E-state index contributed by atoms with van der Waals surface area (Å²) in [5, 5.41) is 9.77. The van der Waals surface area contributed by atoms with Crippen LogP contribution >= 0.6 is 12.4 Å². The van der Waals surface area contributed by atoms with Crippen molar-refractivity contribution < 1.29 is 9.50 Å². The number of nitrogens with two attached hydrogens (primary N) is 1. The van der Waals surface area contributed by atoms with E-state index >= 15 is 0 Å². The topological polar surface area (TPSA) is 46.2 Å². The van der Waals surface area contributed by atoms with Crippen LogP contribution in [-0.4, -0.2) is 11.2 Å². The minimum atomic E-state index is -0.693. The summed E-state index contributed by atoms with van der Waals surface area (Å²) in [6.07, 6.45) is -0.114. The lowest BCUT2D eigenvalue weighted by atomic mass is 9.95. The fourth-order valence-electron chi connectivity index (χ4n) is 1.58. The number of rotatable bonds is 4. The summed E-state index contributed by atoms with van der Waals surface area (Å²) in [6.45, 7) is 3.99. The molecule has 0 aliphatic carbocycles. The van der Waals surface area contributed by atoms with Crippen LogP contribution in [0.2, 0.25) is 0 Å². The number of aliphatic hydroxyl groups is 1. The summed E-state index contributed by atoms with van der Waals surface area (Å²) in [4.78, 5) is 0. The molecule has 0 aliphatic heterocycles. The molecule has 1 aromatic rings. The van der Waals surface area contributed by atoms with Gasteiger partial charge in [-0.2, -0.15) is 0 Å². The first kappa shape index (κ1) is 15.4. The summed E-state index contributed by atoms with van der Waals surface area (Å²) in [5.74, 6) is -0.00868. The predicted molar refractivity (Wildman–Crippen MR) is 66.0 cm³/mol. The van der Waals surface area contributed by atoms with Crippen LogP contribution in [-0.2, 0) is 0 Å². The number of benzene rings is 1. The molecule has 4 heteroatoms. The summed E-state index contributed by atoms with van der Waals surface area (Å²) < 4.78 is 13.3. The Bertz CT molecular complexity index is 320. The number of halogens is 2. The molecule has 0 spiro atoms. The largest absolute Gasteiger partial charge is 0.391 e. The Morgan fingerprint density at radius 2 is 1.88 bits per heavy atom. The smallest absolute Gasteiger partial charge is 0.128 e. The molecular formula is C12H19ClFNO. The zero-order valence-corrected chi connectivity index (χ0v) is 10.4. The second-order valence-electron chi connectivity index (χ2n) is 4.24. The Morgan fingerprint density at radius 1 is 1.31 bits per heavy atom. The van der Waals surface area contributed by atoms with Crippen LogP contribution in [0.1, 0.15) is 31.9 Å². The average molecular weight is 248 g/mol. The molecule has 1 rings (SSSR count). The van der Waals surface area contributed by atoms with Crippen LogP contribution in [0.4, 0.5) is 4.39 Å². The van der Waals surface area contributed by atoms with E-state index in [1.54, 1.807) is 18.2 Å². The van der Waals surface area contributed by atoms with Crippen LogP contribution in [0.5, 0.6) is 0 Å². The van der Waals surface area contributed by atoms with E-state index in [-0.39, 0.29) is 18.2 Å². The van der Waals surface area contributed by atoms with Crippen molar-refractivity contribution in [1.82, 2.24) is 0 Å². The number of hydrogen-bond acceptors (Lipinski definition) is 2. The van der Waals surface area contributed by atoms with Crippen molar-refractivity contribution in [3.05, 3.63) is 35.6 Å². The van der Waals surface area contributed by atoms with Gasteiger partial charge < -0.3 is 10.8 Å². The van der Waals surface area contributed by atoms with Crippen molar-refractivity contribution in [2.75, 3.05) is 0 Å². The molecule has 0 fully saturated rings. The van der Waals surface area contributed by atoms with Crippen LogP contribution in [0.3, 0.4) is 0 Å². The lowest BCUT2D eigenvalue weighted by Gasteiger charge is -2.21. The van der Waals surface area contributed by atoms with Gasteiger partial charge in [-0.3, -0.25) is 0 Å². The van der Waals surface area contributed by atoms with Gasteiger partial charge >= 0.3 is 0 Å². The van der Waals surface area contributed by atoms with Gasteiger partial charge in [-0.1, -0.05) is 32.0 Å². The Morgan fingerprint density at radius 3 is 2.38 bits per heavy atom. The van der Waals surface area contributed by atoms with Crippen molar-refractivity contribution in [2.24, 2.45) is 11.7 Å². The van der Waals surface area contributed by atoms with E-state index in [0.29, 0.717) is 17.9 Å². The molecule has 0 saturated heterocycles. The maximum Gasteiger partial charge on any atom is 0.128 e. The van der Waals surface area contributed by atoms with Crippen LogP contribution < -0.4 is 5.73 Å². The van der Waals surface area contributed by atoms with Crippen molar-refractivity contribution in [3.63, 3.8) is 0 Å². The molecule has 0 saturated carbocycles. The lowest BCUT2D eigenvalue weighted by Crippen LogP contribution is -2.28. The second-order valence-corrected chi connectivity index (χ2v) is 4.24. The molecular weight excluding hydrogens is 229 g/mol. The van der Waals surface area contributed by atoms with E-state index in [4.69, 9.17) is 5.73 Å². The molecule has 92 valence electrons. The molecule has 0 bridgehead atoms. The average Bonchev–Trinajstić information content (AvgIpc) is 2.16. The summed E-state index contributed by atoms with van der Waals surface area (Å²) in [6, 6.07) is 5.66. The van der Waals surface area contributed by atoms with Gasteiger partial charge in [0.05, 0.1) is 12.1 Å². The van der Waals surface area contributed by atoms with Crippen LogP contribution in [0.25, 0.3) is 0 Å². The quantitative estimate of drug-likeness (QED) is 0.859. The summed E-state index contributed by atoms with van der Waals surface area (Å²) in [5.41, 5.74) is 6.18. The van der Waals surface area contributed by atoms with E-state index in [1.165, 1.54) is 6.07 Å². The van der Waals surface area contributed by atoms with Gasteiger partial charge in [0.25, 0.3) is 0 Å². The zero-order valence-electron chi connectivity index (χ0n) is 9.56. The first-order valence-corrected chi connectivity index (χ1v) is 5.20. The third-order valence-corrected chi connectivity index (χ3v) is 2.39. The highest BCUT2D eigenvalue weighted by Gasteiger charge is 2.20. The maximum absolute atomic E-state index is 13.3. The zero-order chi connectivity index (χ0) is 11.4. The van der Waals surface area contributed by atoms with E-state index in [1.807, 2.05) is 13.8 Å². The monoisotopic (exact) mass is 247 g/mol. The second kappa shape index (κ2) is 6.84. The minimum Gasteiger partial charge on any atom is -0.391 e. The highest BCUT2D eigenvalue weighted by atomic mass is 35.5. The molecule has 0 aromatic heterocycles. The Labute approximate surface area is 102 Å². The molecule has 3 N–H and O–H groups in total. The molecule has 0 heterocycles. The van der Waals surface area contributed by atoms with E-state index in [2.05, 4.69) is 0 Å². The SMILES string of the molecule is CC(C)C[C@H](O)[C@H](N)c1ccccc1F.Cl. The molecule has 2 atom stereocenters. The highest BCUT2D eigenvalue weighted by molar-refractivity contribution is 5.85. The molecule has 0 unspecified atom stereocenters. The lowest BCUT2D eigenvalue weighted by molar-refractivity contribution is 0.119. The molecule has 16 heavy (non-hydrogen) atoms. The molecule has 1 aromatic carbocycles. The van der Waals surface area contributed by atoms with Crippen LogP contribution in [0.15, 0.2) is 24.3 Å². The van der Waals surface area contributed by atoms with Crippen molar-refractivity contribution >= 4 is 12.4 Å². The fraction of sp³-hybridized carbons (Fsp3) is 0.500. The fourth-order valence-corrected chi connectivity index (χ4v) is 1.58. The van der Waals surface area contributed by atoms with Gasteiger partial charge in [0.15, 0.2) is 0 Å². The Hall–Kier alpha value is -0.640. The van der Waals surface area contributed by atoms with Gasteiger partial charge in [0.2, 0.25) is 0 Å². The van der Waals surface area contributed by atoms with Crippen molar-refractivity contribution in [2.45, 2.75) is 32.4 Å². The molecule has 0 amide bonds. The van der Waals surface area contributed by atoms with Gasteiger partial charge in [0, 0.05) is 5.56 Å². The minimum absolute atomic E-state index is 0. The molecule has 0 radical (unpaired) electrons. The number of hydrogen-bond donors (Lipinski definition) is 2. The standard InChI is InChI=1S/C12H18FNO.ClH/c1-8(2)7-11(15)12(14)9-5-3-4-6-10(9)13;/h3-6,8,11-12,15H,7,14H2,1-2H3;1H/t11-,12+;/m0./s1. The van der Waals surface area contributed by atoms with Crippen molar-refractivity contribution in [3.8, 4) is 0 Å². The normalized spacial score (nSPS) is 14.4. The Kier molecular flexibility index (Phi) is 6.56. The summed E-state index contributed by atoms with van der Waals surface area (Å²) in [7, 11) is 0. The molecule has 0 aliphatic rings. The van der Waals surface area contributed by atoms with E-state index < -0.39 is 12.1 Å². The van der Waals surface area contributed by atoms with Gasteiger partial charge in [-0.15, -0.1) is 12.4 Å². The van der Waals surface area contributed by atoms with Gasteiger partial charge in [-0.05, 0) is 18.4 Å². The van der Waals surface area contributed by atoms with E-state index in [0.717, 1.165) is 0 Å². The van der Waals surface area contributed by atoms with Gasteiger partial charge in [0.1, 0.15) is 5.82 Å². The van der Waals surface area contributed by atoms with Gasteiger partial charge in [-0.25, -0.2) is 4.39 Å². The van der Waals surface area contributed by atoms with Crippen LogP contribution in [0, 0.1) is 11.7 Å². The summed E-state index contributed by atoms with van der Waals surface area (Å²) >= 11 is 0. The maximum atomic E-state index is 13.3. The number of aliphatic hydroxyl groups excluding tert-OH is 1. The molecule has 2 nitrogen and oxygen atoms in total. The highest BCUT2D eigenvalue weighted by Crippen LogP contribution is 2.21.